The first-order chi connectivity index (χ1) is 10.7. The van der Waals surface area contributed by atoms with Crippen molar-refractivity contribution in [2.75, 3.05) is 6.54 Å². The van der Waals surface area contributed by atoms with Crippen LogP contribution in [0.3, 0.4) is 0 Å². The van der Waals surface area contributed by atoms with Crippen LogP contribution in [0.15, 0.2) is 51.5 Å². The van der Waals surface area contributed by atoms with Gasteiger partial charge in [0.1, 0.15) is 11.9 Å². The highest BCUT2D eigenvalue weighted by atomic mass is 16.4. The molecule has 0 radical (unpaired) electrons. The minimum Gasteiger partial charge on any atom is -0.461 e. The second-order valence-corrected chi connectivity index (χ2v) is 5.42. The van der Waals surface area contributed by atoms with E-state index in [4.69, 9.17) is 8.83 Å². The number of nitrogens with one attached hydrogen (secondary N) is 1. The molecule has 116 valence electrons. The van der Waals surface area contributed by atoms with E-state index in [0.717, 1.165) is 19.3 Å². The Morgan fingerprint density at radius 3 is 2.95 bits per heavy atom. The Morgan fingerprint density at radius 1 is 1.32 bits per heavy atom. The highest BCUT2D eigenvalue weighted by molar-refractivity contribution is 5.79. The number of aliphatic hydroxyl groups is 1. The average Bonchev–Trinajstić information content (AvgIpc) is 3.23. The maximum Gasteiger partial charge on any atom is 0.223 e. The largest absolute Gasteiger partial charge is 0.461 e. The van der Waals surface area contributed by atoms with Crippen molar-refractivity contribution in [1.82, 2.24) is 5.32 Å². The molecular formula is C17H19NO4. The Kier molecular flexibility index (Phi) is 4.44. The lowest BCUT2D eigenvalue weighted by Crippen LogP contribution is -2.34. The van der Waals surface area contributed by atoms with Crippen molar-refractivity contribution < 1.29 is 18.7 Å². The van der Waals surface area contributed by atoms with E-state index in [0.29, 0.717) is 17.3 Å². The van der Waals surface area contributed by atoms with Gasteiger partial charge in [-0.25, -0.2) is 0 Å². The third-order valence-corrected chi connectivity index (χ3v) is 3.83. The van der Waals surface area contributed by atoms with Crippen LogP contribution in [-0.2, 0) is 4.79 Å². The Balaban J connectivity index is 1.54. The Labute approximate surface area is 128 Å². The maximum absolute atomic E-state index is 12.0. The maximum atomic E-state index is 12.0. The van der Waals surface area contributed by atoms with Crippen molar-refractivity contribution >= 4 is 5.91 Å². The zero-order chi connectivity index (χ0) is 15.4. The molecule has 1 aliphatic carbocycles. The van der Waals surface area contributed by atoms with Gasteiger partial charge in [-0.3, -0.25) is 4.79 Å². The molecule has 2 atom stereocenters. The van der Waals surface area contributed by atoms with Crippen LogP contribution in [0.1, 0.15) is 31.1 Å². The molecule has 22 heavy (non-hydrogen) atoms. The molecule has 0 aliphatic heterocycles. The Morgan fingerprint density at radius 2 is 2.23 bits per heavy atom. The molecule has 1 aliphatic rings. The van der Waals surface area contributed by atoms with E-state index in [9.17, 15) is 9.90 Å². The van der Waals surface area contributed by atoms with Gasteiger partial charge in [0.05, 0.1) is 12.8 Å². The summed E-state index contributed by atoms with van der Waals surface area (Å²) in [6.45, 7) is 0.143. The summed E-state index contributed by atoms with van der Waals surface area (Å²) < 4.78 is 10.8. The lowest BCUT2D eigenvalue weighted by molar-refractivity contribution is -0.125. The molecule has 5 nitrogen and oxygen atoms in total. The highest BCUT2D eigenvalue weighted by Gasteiger charge is 2.20. The van der Waals surface area contributed by atoms with Gasteiger partial charge in [0.15, 0.2) is 11.5 Å². The zero-order valence-electron chi connectivity index (χ0n) is 12.2. The highest BCUT2D eigenvalue weighted by Crippen LogP contribution is 2.25. The van der Waals surface area contributed by atoms with Crippen molar-refractivity contribution in [2.24, 2.45) is 5.92 Å². The molecule has 0 saturated carbocycles. The van der Waals surface area contributed by atoms with Crippen LogP contribution in [-0.4, -0.2) is 17.6 Å². The fourth-order valence-corrected chi connectivity index (χ4v) is 2.56. The van der Waals surface area contributed by atoms with E-state index in [1.54, 1.807) is 30.5 Å². The van der Waals surface area contributed by atoms with E-state index in [2.05, 4.69) is 11.4 Å². The number of aliphatic hydroxyl groups excluding tert-OH is 1. The molecule has 0 fully saturated rings. The summed E-state index contributed by atoms with van der Waals surface area (Å²) in [6, 6.07) is 6.99. The fourth-order valence-electron chi connectivity index (χ4n) is 2.56. The van der Waals surface area contributed by atoms with Gasteiger partial charge in [0.2, 0.25) is 5.91 Å². The van der Waals surface area contributed by atoms with Crippen LogP contribution in [0.4, 0.5) is 0 Å². The lowest BCUT2D eigenvalue weighted by atomic mass is 9.93. The summed E-state index contributed by atoms with van der Waals surface area (Å²) in [6.07, 6.45) is 7.39. The van der Waals surface area contributed by atoms with Crippen molar-refractivity contribution in [3.63, 3.8) is 0 Å². The quantitative estimate of drug-likeness (QED) is 0.832. The van der Waals surface area contributed by atoms with Gasteiger partial charge in [0, 0.05) is 5.92 Å². The topological polar surface area (TPSA) is 75.6 Å². The summed E-state index contributed by atoms with van der Waals surface area (Å²) in [7, 11) is 0. The lowest BCUT2D eigenvalue weighted by Gasteiger charge is -2.18. The fraction of sp³-hybridized carbons (Fsp3) is 0.353. The van der Waals surface area contributed by atoms with Crippen molar-refractivity contribution in [3.8, 4) is 11.5 Å². The molecular weight excluding hydrogens is 282 g/mol. The number of amides is 1. The zero-order valence-corrected chi connectivity index (χ0v) is 12.2. The van der Waals surface area contributed by atoms with Crippen LogP contribution in [0, 0.1) is 5.92 Å². The third-order valence-electron chi connectivity index (χ3n) is 3.83. The van der Waals surface area contributed by atoms with Crippen LogP contribution in [0.2, 0.25) is 0 Å². The van der Waals surface area contributed by atoms with E-state index >= 15 is 0 Å². The molecule has 2 heterocycles. The van der Waals surface area contributed by atoms with E-state index in [1.165, 1.54) is 0 Å². The molecule has 3 rings (SSSR count). The summed E-state index contributed by atoms with van der Waals surface area (Å²) in [5.41, 5.74) is 0. The molecule has 1 amide bonds. The van der Waals surface area contributed by atoms with Gasteiger partial charge >= 0.3 is 0 Å². The smallest absolute Gasteiger partial charge is 0.223 e. The molecule has 0 saturated heterocycles. The summed E-state index contributed by atoms with van der Waals surface area (Å²) in [5.74, 6) is 1.57. The van der Waals surface area contributed by atoms with Gasteiger partial charge in [-0.15, -0.1) is 0 Å². The van der Waals surface area contributed by atoms with E-state index < -0.39 is 6.10 Å². The van der Waals surface area contributed by atoms with Crippen molar-refractivity contribution in [1.29, 1.82) is 0 Å². The van der Waals surface area contributed by atoms with E-state index in [1.807, 2.05) is 6.08 Å². The van der Waals surface area contributed by atoms with Crippen molar-refractivity contribution in [2.45, 2.75) is 25.4 Å². The SMILES string of the molecule is O=C(NCC(O)c1ccc(-c2ccco2)o1)C1CC=CCC1. The second kappa shape index (κ2) is 6.66. The molecule has 2 aromatic heterocycles. The van der Waals surface area contributed by atoms with Crippen LogP contribution in [0.25, 0.3) is 11.5 Å². The number of rotatable bonds is 5. The van der Waals surface area contributed by atoms with Crippen LogP contribution < -0.4 is 5.32 Å². The summed E-state index contributed by atoms with van der Waals surface area (Å²) in [5, 5.41) is 12.9. The predicted octanol–water partition coefficient (Wildman–Crippen LogP) is 3.05. The monoisotopic (exact) mass is 301 g/mol. The van der Waals surface area contributed by atoms with Crippen molar-refractivity contribution in [3.05, 3.63) is 48.4 Å². The molecule has 0 spiro atoms. The number of allylic oxidation sites excluding steroid dienone is 2. The van der Waals surface area contributed by atoms with Gasteiger partial charge < -0.3 is 19.3 Å². The minimum absolute atomic E-state index is 0.00693. The number of hydrogen-bond donors (Lipinski definition) is 2. The molecule has 2 N–H and O–H groups in total. The van der Waals surface area contributed by atoms with Gasteiger partial charge in [0.25, 0.3) is 0 Å². The normalized spacial score (nSPS) is 19.0. The second-order valence-electron chi connectivity index (χ2n) is 5.42. The average molecular weight is 301 g/mol. The number of carbonyl (C=O) groups excluding carboxylic acids is 1. The first-order valence-electron chi connectivity index (χ1n) is 7.48. The standard InChI is InChI=1S/C17H19NO4/c19-13(11-18-17(20)12-5-2-1-3-6-12)14-8-9-16(22-14)15-7-4-10-21-15/h1-2,4,7-10,12-13,19H,3,5-6,11H2,(H,18,20). The Bertz CT molecular complexity index is 641. The first kappa shape index (κ1) is 14.7. The molecule has 2 aromatic rings. The molecule has 5 heteroatoms. The Hall–Kier alpha value is -2.27. The molecule has 0 bridgehead atoms. The summed E-state index contributed by atoms with van der Waals surface area (Å²) in [4.78, 5) is 12.0. The number of furan rings is 2. The van der Waals surface area contributed by atoms with Gasteiger partial charge in [-0.1, -0.05) is 12.2 Å². The van der Waals surface area contributed by atoms with Crippen LogP contribution in [0.5, 0.6) is 0 Å². The van der Waals surface area contributed by atoms with E-state index in [-0.39, 0.29) is 18.4 Å². The predicted molar refractivity (Wildman–Crippen MR) is 80.9 cm³/mol. The number of hydrogen-bond acceptors (Lipinski definition) is 4. The summed E-state index contributed by atoms with van der Waals surface area (Å²) >= 11 is 0. The van der Waals surface area contributed by atoms with Gasteiger partial charge in [-0.05, 0) is 43.5 Å². The molecule has 2 unspecified atom stereocenters. The number of carbonyl (C=O) groups is 1. The molecule has 0 aromatic carbocycles. The minimum atomic E-state index is -0.869. The van der Waals surface area contributed by atoms with Gasteiger partial charge in [-0.2, -0.15) is 0 Å². The third kappa shape index (κ3) is 3.31. The first-order valence-corrected chi connectivity index (χ1v) is 7.48. The van der Waals surface area contributed by atoms with Crippen LogP contribution >= 0.6 is 0 Å².